The maximum Gasteiger partial charge on any atom is 0.471 e. The molecule has 1 atom stereocenters. The van der Waals surface area contributed by atoms with Crippen LogP contribution in [-0.4, -0.2) is 16.0 Å². The highest BCUT2D eigenvalue weighted by atomic mass is 19.4. The van der Waals surface area contributed by atoms with Crippen molar-refractivity contribution in [2.75, 3.05) is 5.32 Å². The van der Waals surface area contributed by atoms with Crippen LogP contribution in [0.5, 0.6) is 0 Å². The van der Waals surface area contributed by atoms with E-state index in [-0.39, 0.29) is 17.6 Å². The van der Waals surface area contributed by atoms with E-state index >= 15 is 0 Å². The molecule has 0 aliphatic rings. The Morgan fingerprint density at radius 1 is 1.08 bits per heavy atom. The van der Waals surface area contributed by atoms with Crippen LogP contribution in [0.4, 0.5) is 18.9 Å². The maximum absolute atomic E-state index is 12.5. The molecule has 1 unspecified atom stereocenters. The third-order valence-electron chi connectivity index (χ3n) is 3.77. The topological polar surface area (TPSA) is 68.0 Å². The number of benzene rings is 2. The van der Waals surface area contributed by atoms with E-state index < -0.39 is 12.1 Å². The van der Waals surface area contributed by atoms with Crippen LogP contribution in [0.2, 0.25) is 0 Å². The van der Waals surface area contributed by atoms with E-state index in [1.165, 1.54) is 12.1 Å². The molecule has 5 nitrogen and oxygen atoms in total. The summed E-state index contributed by atoms with van der Waals surface area (Å²) in [6, 6.07) is 15.4. The highest BCUT2D eigenvalue weighted by Crippen LogP contribution is 2.29. The van der Waals surface area contributed by atoms with Gasteiger partial charge in [-0.1, -0.05) is 35.5 Å². The van der Waals surface area contributed by atoms with E-state index in [2.05, 4.69) is 20.0 Å². The third kappa shape index (κ3) is 3.90. The van der Waals surface area contributed by atoms with E-state index in [9.17, 15) is 18.0 Å². The van der Waals surface area contributed by atoms with Crippen LogP contribution in [0.25, 0.3) is 11.4 Å². The molecule has 0 bridgehead atoms. The van der Waals surface area contributed by atoms with Gasteiger partial charge in [0.05, 0.1) is 5.92 Å². The van der Waals surface area contributed by atoms with Crippen LogP contribution in [0.3, 0.4) is 0 Å². The molecule has 26 heavy (non-hydrogen) atoms. The maximum atomic E-state index is 12.5. The average Bonchev–Trinajstić information content (AvgIpc) is 3.13. The fourth-order valence-electron chi connectivity index (χ4n) is 2.30. The van der Waals surface area contributed by atoms with Crippen molar-refractivity contribution >= 4 is 11.6 Å². The quantitative estimate of drug-likeness (QED) is 0.743. The molecule has 3 aromatic rings. The first-order valence-corrected chi connectivity index (χ1v) is 7.72. The minimum absolute atomic E-state index is 0.173. The molecular weight excluding hydrogens is 347 g/mol. The van der Waals surface area contributed by atoms with Crippen molar-refractivity contribution < 1.29 is 22.5 Å². The van der Waals surface area contributed by atoms with Crippen LogP contribution >= 0.6 is 0 Å². The second kappa shape index (κ2) is 6.99. The molecule has 1 amide bonds. The van der Waals surface area contributed by atoms with Crippen LogP contribution in [0, 0.1) is 0 Å². The minimum Gasteiger partial charge on any atom is -0.329 e. The predicted molar refractivity (Wildman–Crippen MR) is 88.2 cm³/mol. The van der Waals surface area contributed by atoms with Crippen molar-refractivity contribution in [3.63, 3.8) is 0 Å². The highest BCUT2D eigenvalue weighted by molar-refractivity contribution is 5.95. The molecule has 0 aliphatic carbocycles. The van der Waals surface area contributed by atoms with Gasteiger partial charge in [-0.25, -0.2) is 0 Å². The van der Waals surface area contributed by atoms with Gasteiger partial charge in [0.1, 0.15) is 0 Å². The zero-order valence-corrected chi connectivity index (χ0v) is 13.6. The summed E-state index contributed by atoms with van der Waals surface area (Å²) in [5.74, 6) is -2.11. The first-order chi connectivity index (χ1) is 12.3. The van der Waals surface area contributed by atoms with Crippen LogP contribution in [0.1, 0.15) is 24.3 Å². The first kappa shape index (κ1) is 17.7. The number of carbonyl (C=O) groups is 1. The van der Waals surface area contributed by atoms with E-state index in [4.69, 9.17) is 0 Å². The van der Waals surface area contributed by atoms with E-state index in [1.807, 2.05) is 30.3 Å². The molecule has 1 aromatic heterocycles. The van der Waals surface area contributed by atoms with Gasteiger partial charge in [0, 0.05) is 11.3 Å². The van der Waals surface area contributed by atoms with Crippen molar-refractivity contribution in [3.05, 3.63) is 66.1 Å². The fourth-order valence-corrected chi connectivity index (χ4v) is 2.30. The zero-order chi connectivity index (χ0) is 18.7. The molecule has 2 aromatic carbocycles. The number of nitrogens with zero attached hydrogens (tertiary/aromatic N) is 2. The van der Waals surface area contributed by atoms with Crippen LogP contribution in [-0.2, 0) is 11.0 Å². The molecule has 1 N–H and O–H groups in total. The molecule has 0 aliphatic heterocycles. The summed E-state index contributed by atoms with van der Waals surface area (Å²) in [7, 11) is 0. The normalized spacial score (nSPS) is 12.6. The van der Waals surface area contributed by atoms with Crippen molar-refractivity contribution in [3.8, 4) is 11.4 Å². The fraction of sp³-hybridized carbons (Fsp3) is 0.167. The Kier molecular flexibility index (Phi) is 4.75. The average molecular weight is 361 g/mol. The van der Waals surface area contributed by atoms with Gasteiger partial charge in [0.2, 0.25) is 11.7 Å². The SMILES string of the molecule is CC(C(=O)Nc1ccc(-c2noc(C(F)(F)F)n2)cc1)c1ccccc1. The summed E-state index contributed by atoms with van der Waals surface area (Å²) in [6.45, 7) is 1.79. The summed E-state index contributed by atoms with van der Waals surface area (Å²) in [4.78, 5) is 15.6. The van der Waals surface area contributed by atoms with Gasteiger partial charge in [-0.05, 0) is 36.8 Å². The number of nitrogens with one attached hydrogen (secondary N) is 1. The number of amides is 1. The molecule has 3 rings (SSSR count). The van der Waals surface area contributed by atoms with Crippen molar-refractivity contribution in [1.29, 1.82) is 0 Å². The summed E-state index contributed by atoms with van der Waals surface area (Å²) >= 11 is 0. The van der Waals surface area contributed by atoms with Crippen molar-refractivity contribution in [2.45, 2.75) is 19.0 Å². The van der Waals surface area contributed by atoms with Crippen LogP contribution in [0.15, 0.2) is 59.1 Å². The number of alkyl halides is 3. The molecule has 0 saturated carbocycles. The van der Waals surface area contributed by atoms with Crippen molar-refractivity contribution in [1.82, 2.24) is 10.1 Å². The van der Waals surface area contributed by atoms with Gasteiger partial charge in [0.25, 0.3) is 0 Å². The van der Waals surface area contributed by atoms with Gasteiger partial charge < -0.3 is 9.84 Å². The molecule has 0 radical (unpaired) electrons. The lowest BCUT2D eigenvalue weighted by Gasteiger charge is -2.12. The molecule has 0 fully saturated rings. The van der Waals surface area contributed by atoms with E-state index in [1.54, 1.807) is 19.1 Å². The molecule has 0 spiro atoms. The van der Waals surface area contributed by atoms with Gasteiger partial charge in [-0.15, -0.1) is 0 Å². The predicted octanol–water partition coefficient (Wildman–Crippen LogP) is 4.50. The Labute approximate surface area is 146 Å². The first-order valence-electron chi connectivity index (χ1n) is 7.72. The number of hydrogen-bond acceptors (Lipinski definition) is 4. The largest absolute Gasteiger partial charge is 0.471 e. The lowest BCUT2D eigenvalue weighted by Crippen LogP contribution is -2.18. The second-order valence-corrected chi connectivity index (χ2v) is 5.62. The Bertz CT molecular complexity index is 890. The smallest absolute Gasteiger partial charge is 0.329 e. The Morgan fingerprint density at radius 2 is 1.73 bits per heavy atom. The minimum atomic E-state index is -4.69. The lowest BCUT2D eigenvalue weighted by atomic mass is 10.0. The number of rotatable bonds is 4. The molecule has 1 heterocycles. The van der Waals surface area contributed by atoms with E-state index in [0.29, 0.717) is 11.3 Å². The second-order valence-electron chi connectivity index (χ2n) is 5.62. The van der Waals surface area contributed by atoms with Crippen molar-refractivity contribution in [2.24, 2.45) is 0 Å². The Morgan fingerprint density at radius 3 is 2.31 bits per heavy atom. The van der Waals surface area contributed by atoms with Gasteiger partial charge in [-0.3, -0.25) is 4.79 Å². The van der Waals surface area contributed by atoms with Gasteiger partial charge >= 0.3 is 12.1 Å². The zero-order valence-electron chi connectivity index (χ0n) is 13.6. The molecule has 134 valence electrons. The summed E-state index contributed by atoms with van der Waals surface area (Å²) in [5.41, 5.74) is 1.74. The number of anilines is 1. The Hall–Kier alpha value is -3.16. The third-order valence-corrected chi connectivity index (χ3v) is 3.77. The number of halogens is 3. The molecule has 8 heteroatoms. The van der Waals surface area contributed by atoms with E-state index in [0.717, 1.165) is 5.56 Å². The number of aromatic nitrogens is 2. The standard InChI is InChI=1S/C18H14F3N3O2/c1-11(12-5-3-2-4-6-12)16(25)22-14-9-7-13(8-10-14)15-23-17(26-24-15)18(19,20)21/h2-11H,1H3,(H,22,25). The van der Waals surface area contributed by atoms with Gasteiger partial charge in [0.15, 0.2) is 0 Å². The number of hydrogen-bond donors (Lipinski definition) is 1. The number of carbonyl (C=O) groups excluding carboxylic acids is 1. The lowest BCUT2D eigenvalue weighted by molar-refractivity contribution is -0.159. The molecule has 0 saturated heterocycles. The summed E-state index contributed by atoms with van der Waals surface area (Å²) in [6.07, 6.45) is -4.69. The van der Waals surface area contributed by atoms with Gasteiger partial charge in [-0.2, -0.15) is 18.2 Å². The molecular formula is C18H14F3N3O2. The highest BCUT2D eigenvalue weighted by Gasteiger charge is 2.38. The monoisotopic (exact) mass is 361 g/mol. The summed E-state index contributed by atoms with van der Waals surface area (Å²) in [5, 5.41) is 6.08. The summed E-state index contributed by atoms with van der Waals surface area (Å²) < 4.78 is 41.7. The van der Waals surface area contributed by atoms with Crippen LogP contribution < -0.4 is 5.32 Å². The Balaban J connectivity index is 1.70.